The van der Waals surface area contributed by atoms with E-state index in [0.717, 1.165) is 37.0 Å². The van der Waals surface area contributed by atoms with E-state index in [0.29, 0.717) is 12.1 Å². The van der Waals surface area contributed by atoms with Crippen LogP contribution in [0.3, 0.4) is 0 Å². The summed E-state index contributed by atoms with van der Waals surface area (Å²) in [6, 6.07) is 9.67. The predicted molar refractivity (Wildman–Crippen MR) is 103 cm³/mol. The van der Waals surface area contributed by atoms with E-state index in [2.05, 4.69) is 42.5 Å². The molecule has 0 aliphatic heterocycles. The molecule has 4 nitrogen and oxygen atoms in total. The summed E-state index contributed by atoms with van der Waals surface area (Å²) in [5, 5.41) is 15.4. The van der Waals surface area contributed by atoms with E-state index < -0.39 is 0 Å². The quantitative estimate of drug-likeness (QED) is 0.310. The molecule has 0 amide bonds. The standard InChI is InChI=1S/C17H26N4.HI/c1-4-19-17(20-11-5-6-14(2)3)21-13-16-9-7-15(12-18)8-10-16;/h7-10,14H,4-6,11,13H2,1-3H3,(H2,19,20,21);1H. The van der Waals surface area contributed by atoms with Gasteiger partial charge in [-0.2, -0.15) is 5.26 Å². The molecule has 122 valence electrons. The highest BCUT2D eigenvalue weighted by Gasteiger charge is 1.99. The Balaban J connectivity index is 0.00000441. The number of hydrogen-bond donors (Lipinski definition) is 2. The second-order valence-electron chi connectivity index (χ2n) is 5.47. The molecular weight excluding hydrogens is 387 g/mol. The maximum absolute atomic E-state index is 8.78. The molecule has 0 aromatic heterocycles. The summed E-state index contributed by atoms with van der Waals surface area (Å²) in [5.41, 5.74) is 1.79. The second kappa shape index (κ2) is 12.3. The molecule has 1 rings (SSSR count). The Kier molecular flexibility index (Phi) is 11.6. The number of nitrogens with zero attached hydrogens (tertiary/aromatic N) is 2. The monoisotopic (exact) mass is 414 g/mol. The number of guanidine groups is 1. The van der Waals surface area contributed by atoms with Gasteiger partial charge in [-0.25, -0.2) is 4.99 Å². The van der Waals surface area contributed by atoms with Crippen LogP contribution in [0.4, 0.5) is 0 Å². The van der Waals surface area contributed by atoms with Crippen LogP contribution in [0.1, 0.15) is 44.7 Å². The highest BCUT2D eigenvalue weighted by Crippen LogP contribution is 2.05. The average molecular weight is 414 g/mol. The maximum Gasteiger partial charge on any atom is 0.191 e. The summed E-state index contributed by atoms with van der Waals surface area (Å²) in [6.45, 7) is 8.95. The highest BCUT2D eigenvalue weighted by atomic mass is 127. The van der Waals surface area contributed by atoms with Gasteiger partial charge in [0.1, 0.15) is 0 Å². The van der Waals surface area contributed by atoms with E-state index in [4.69, 9.17) is 5.26 Å². The molecule has 22 heavy (non-hydrogen) atoms. The minimum absolute atomic E-state index is 0. The number of nitrogens with one attached hydrogen (secondary N) is 2. The molecule has 0 unspecified atom stereocenters. The number of benzene rings is 1. The molecular formula is C17H27IN4. The van der Waals surface area contributed by atoms with Crippen molar-refractivity contribution in [3.63, 3.8) is 0 Å². The molecule has 0 atom stereocenters. The Hall–Kier alpha value is -1.29. The average Bonchev–Trinajstić information content (AvgIpc) is 2.49. The van der Waals surface area contributed by atoms with Gasteiger partial charge in [-0.1, -0.05) is 26.0 Å². The van der Waals surface area contributed by atoms with Crippen molar-refractivity contribution in [1.29, 1.82) is 5.26 Å². The summed E-state index contributed by atoms with van der Waals surface area (Å²) >= 11 is 0. The number of aliphatic imine (C=N–C) groups is 1. The molecule has 0 saturated heterocycles. The lowest BCUT2D eigenvalue weighted by Gasteiger charge is -2.12. The first-order valence-corrected chi connectivity index (χ1v) is 7.67. The van der Waals surface area contributed by atoms with E-state index >= 15 is 0 Å². The van der Waals surface area contributed by atoms with Gasteiger partial charge in [-0.05, 0) is 43.4 Å². The van der Waals surface area contributed by atoms with Crippen molar-refractivity contribution < 1.29 is 0 Å². The van der Waals surface area contributed by atoms with Gasteiger partial charge in [0.05, 0.1) is 18.2 Å². The molecule has 0 aliphatic rings. The summed E-state index contributed by atoms with van der Waals surface area (Å²) in [7, 11) is 0. The van der Waals surface area contributed by atoms with Gasteiger partial charge < -0.3 is 10.6 Å². The first-order valence-electron chi connectivity index (χ1n) is 7.67. The maximum atomic E-state index is 8.78. The molecule has 0 aliphatic carbocycles. The largest absolute Gasteiger partial charge is 0.357 e. The molecule has 2 N–H and O–H groups in total. The minimum atomic E-state index is 0. The van der Waals surface area contributed by atoms with Crippen LogP contribution in [-0.4, -0.2) is 19.0 Å². The molecule has 0 radical (unpaired) electrons. The van der Waals surface area contributed by atoms with E-state index in [1.807, 2.05) is 24.3 Å². The third kappa shape index (κ3) is 8.88. The first kappa shape index (κ1) is 20.7. The van der Waals surface area contributed by atoms with Gasteiger partial charge in [0.25, 0.3) is 0 Å². The number of halogens is 1. The van der Waals surface area contributed by atoms with Crippen molar-refractivity contribution in [3.8, 4) is 6.07 Å². The Labute approximate surface area is 151 Å². The summed E-state index contributed by atoms with van der Waals surface area (Å²) in [5.74, 6) is 1.59. The zero-order valence-electron chi connectivity index (χ0n) is 13.7. The zero-order valence-corrected chi connectivity index (χ0v) is 16.1. The Morgan fingerprint density at radius 2 is 1.91 bits per heavy atom. The van der Waals surface area contributed by atoms with Crippen LogP contribution < -0.4 is 10.6 Å². The molecule has 0 spiro atoms. The Bertz CT molecular complexity index is 474. The normalized spacial score (nSPS) is 10.8. The third-order valence-electron chi connectivity index (χ3n) is 3.10. The van der Waals surface area contributed by atoms with Crippen LogP contribution in [0.2, 0.25) is 0 Å². The van der Waals surface area contributed by atoms with Gasteiger partial charge in [0.15, 0.2) is 5.96 Å². The van der Waals surface area contributed by atoms with Crippen molar-refractivity contribution >= 4 is 29.9 Å². The summed E-state index contributed by atoms with van der Waals surface area (Å²) < 4.78 is 0. The van der Waals surface area contributed by atoms with Crippen molar-refractivity contribution in [2.75, 3.05) is 13.1 Å². The predicted octanol–water partition coefficient (Wildman–Crippen LogP) is 3.67. The third-order valence-corrected chi connectivity index (χ3v) is 3.10. The molecule has 0 saturated carbocycles. The van der Waals surface area contributed by atoms with Crippen LogP contribution >= 0.6 is 24.0 Å². The molecule has 0 heterocycles. The number of nitriles is 1. The van der Waals surface area contributed by atoms with Crippen LogP contribution in [0.5, 0.6) is 0 Å². The molecule has 1 aromatic rings. The van der Waals surface area contributed by atoms with Crippen molar-refractivity contribution in [2.45, 2.75) is 40.2 Å². The Morgan fingerprint density at radius 3 is 2.45 bits per heavy atom. The van der Waals surface area contributed by atoms with Gasteiger partial charge >= 0.3 is 0 Å². The SMILES string of the molecule is CCNC(=NCc1ccc(C#N)cc1)NCCCC(C)C.I. The summed E-state index contributed by atoms with van der Waals surface area (Å²) in [4.78, 5) is 4.57. The van der Waals surface area contributed by atoms with Gasteiger partial charge in [0.2, 0.25) is 0 Å². The van der Waals surface area contributed by atoms with E-state index in [1.165, 1.54) is 6.42 Å². The fourth-order valence-electron chi connectivity index (χ4n) is 1.91. The van der Waals surface area contributed by atoms with Crippen LogP contribution in [0.25, 0.3) is 0 Å². The lowest BCUT2D eigenvalue weighted by atomic mass is 10.1. The molecule has 0 fully saturated rings. The van der Waals surface area contributed by atoms with E-state index in [9.17, 15) is 0 Å². The van der Waals surface area contributed by atoms with Crippen LogP contribution in [0, 0.1) is 17.2 Å². The minimum Gasteiger partial charge on any atom is -0.357 e. The van der Waals surface area contributed by atoms with Gasteiger partial charge in [-0.15, -0.1) is 24.0 Å². The van der Waals surface area contributed by atoms with Crippen LogP contribution in [-0.2, 0) is 6.54 Å². The van der Waals surface area contributed by atoms with Gasteiger partial charge in [-0.3, -0.25) is 0 Å². The smallest absolute Gasteiger partial charge is 0.191 e. The topological polar surface area (TPSA) is 60.2 Å². The fraction of sp³-hybridized carbons (Fsp3) is 0.529. The number of hydrogen-bond acceptors (Lipinski definition) is 2. The fourth-order valence-corrected chi connectivity index (χ4v) is 1.91. The van der Waals surface area contributed by atoms with Crippen LogP contribution in [0.15, 0.2) is 29.3 Å². The second-order valence-corrected chi connectivity index (χ2v) is 5.47. The summed E-state index contributed by atoms with van der Waals surface area (Å²) in [6.07, 6.45) is 2.38. The zero-order chi connectivity index (χ0) is 15.5. The molecule has 1 aromatic carbocycles. The molecule has 5 heteroatoms. The van der Waals surface area contributed by atoms with Crippen molar-refractivity contribution in [3.05, 3.63) is 35.4 Å². The lowest BCUT2D eigenvalue weighted by Crippen LogP contribution is -2.37. The highest BCUT2D eigenvalue weighted by molar-refractivity contribution is 14.0. The van der Waals surface area contributed by atoms with Crippen molar-refractivity contribution in [2.24, 2.45) is 10.9 Å². The number of rotatable bonds is 7. The van der Waals surface area contributed by atoms with Crippen molar-refractivity contribution in [1.82, 2.24) is 10.6 Å². The van der Waals surface area contributed by atoms with E-state index in [-0.39, 0.29) is 24.0 Å². The lowest BCUT2D eigenvalue weighted by molar-refractivity contribution is 0.549. The molecule has 0 bridgehead atoms. The van der Waals surface area contributed by atoms with Gasteiger partial charge in [0, 0.05) is 13.1 Å². The Morgan fingerprint density at radius 1 is 1.23 bits per heavy atom. The first-order chi connectivity index (χ1) is 10.2. The van der Waals surface area contributed by atoms with E-state index in [1.54, 1.807) is 0 Å².